The molecule has 17 heavy (non-hydrogen) atoms. The molecule has 103 valence electrons. The second kappa shape index (κ2) is 5.39. The highest BCUT2D eigenvalue weighted by Crippen LogP contribution is 2.24. The van der Waals surface area contributed by atoms with Crippen molar-refractivity contribution in [3.63, 3.8) is 0 Å². The first-order chi connectivity index (χ1) is 7.12. The van der Waals surface area contributed by atoms with Gasteiger partial charge in [0, 0.05) is 6.55 Å². The molecule has 0 atom stereocenters. The van der Waals surface area contributed by atoms with Gasteiger partial charge in [-0.25, -0.2) is 0 Å². The second-order valence-corrected chi connectivity index (χ2v) is 23.8. The van der Waals surface area contributed by atoms with Crippen LogP contribution in [-0.4, -0.2) is 33.8 Å². The first-order valence-corrected chi connectivity index (χ1v) is 18.2. The van der Waals surface area contributed by atoms with Crippen LogP contribution in [0.2, 0.25) is 58.9 Å². The van der Waals surface area contributed by atoms with Crippen LogP contribution in [0.25, 0.3) is 0 Å². The fourth-order valence-corrected chi connectivity index (χ4v) is 14.3. The Morgan fingerprint density at radius 1 is 0.529 bits per heavy atom. The van der Waals surface area contributed by atoms with Gasteiger partial charge in [-0.2, -0.15) is 0 Å². The van der Waals surface area contributed by atoms with Crippen molar-refractivity contribution in [2.75, 3.05) is 0 Å². The molecule has 0 unspecified atom stereocenters. The van der Waals surface area contributed by atoms with E-state index in [0.29, 0.717) is 0 Å². The third kappa shape index (κ3) is 10.4. The summed E-state index contributed by atoms with van der Waals surface area (Å²) in [6.07, 6.45) is 0. The zero-order valence-electron chi connectivity index (χ0n) is 12.9. The Hall–Kier alpha value is 0.748. The van der Waals surface area contributed by atoms with Gasteiger partial charge in [-0.1, -0.05) is 0 Å². The van der Waals surface area contributed by atoms with Crippen molar-refractivity contribution in [2.24, 2.45) is 0 Å². The molecule has 1 radical (unpaired) electrons. The first kappa shape index (κ1) is 17.7. The van der Waals surface area contributed by atoms with Gasteiger partial charge < -0.3 is 12.3 Å². The number of hydrogen-bond donors (Lipinski definition) is 0. The highest BCUT2D eigenvalue weighted by Gasteiger charge is 2.45. The molecule has 0 aromatic rings. The summed E-state index contributed by atoms with van der Waals surface area (Å²) >= 11 is 0. The van der Waals surface area contributed by atoms with Crippen LogP contribution in [0, 0.1) is 6.55 Å². The van der Waals surface area contributed by atoms with E-state index in [2.05, 4.69) is 65.5 Å². The molecule has 0 saturated heterocycles. The predicted octanol–water partition coefficient (Wildman–Crippen LogP) is 3.85. The Balaban J connectivity index is 4.95. The average molecular weight is 310 g/mol. The lowest BCUT2D eigenvalue weighted by Crippen LogP contribution is -2.59. The SMILES string of the molecule is [CH2][Si](O[Si](C)(C)C)(O[Si](C)(C)C)O[Si](C)(C)C. The van der Waals surface area contributed by atoms with Crippen molar-refractivity contribution in [3.05, 3.63) is 6.55 Å². The maximum Gasteiger partial charge on any atom is 0.469 e. The molecule has 0 aromatic heterocycles. The van der Waals surface area contributed by atoms with E-state index >= 15 is 0 Å². The van der Waals surface area contributed by atoms with E-state index in [1.807, 2.05) is 0 Å². The summed E-state index contributed by atoms with van der Waals surface area (Å²) in [6.45, 7) is 23.6. The van der Waals surface area contributed by atoms with Crippen LogP contribution < -0.4 is 0 Å². The third-order valence-electron chi connectivity index (χ3n) is 1.39. The monoisotopic (exact) mass is 309 g/mol. The van der Waals surface area contributed by atoms with E-state index in [4.69, 9.17) is 12.3 Å². The van der Waals surface area contributed by atoms with Crippen molar-refractivity contribution in [1.82, 2.24) is 0 Å². The molecule has 0 aromatic carbocycles. The molecule has 0 N–H and O–H groups in total. The summed E-state index contributed by atoms with van der Waals surface area (Å²) in [5, 5.41) is 0. The molecule has 0 aliphatic carbocycles. The lowest BCUT2D eigenvalue weighted by Gasteiger charge is -2.40. The lowest BCUT2D eigenvalue weighted by atomic mass is 11.8. The van der Waals surface area contributed by atoms with Crippen LogP contribution in [0.4, 0.5) is 0 Å². The van der Waals surface area contributed by atoms with Gasteiger partial charge in [0.15, 0.2) is 25.0 Å². The summed E-state index contributed by atoms with van der Waals surface area (Å²) in [6, 6.07) is 0. The van der Waals surface area contributed by atoms with Gasteiger partial charge in [0.1, 0.15) is 0 Å². The minimum absolute atomic E-state index is 1.70. The largest absolute Gasteiger partial charge is 0.469 e. The average Bonchev–Trinajstić information content (AvgIpc) is 1.65. The molecule has 0 aliphatic rings. The van der Waals surface area contributed by atoms with E-state index in [1.54, 1.807) is 0 Å². The molecule has 0 amide bonds. The van der Waals surface area contributed by atoms with E-state index in [-0.39, 0.29) is 0 Å². The molecule has 0 fully saturated rings. The van der Waals surface area contributed by atoms with Gasteiger partial charge in [0.05, 0.1) is 0 Å². The Morgan fingerprint density at radius 2 is 0.706 bits per heavy atom. The van der Waals surface area contributed by atoms with E-state index in [0.717, 1.165) is 0 Å². The summed E-state index contributed by atoms with van der Waals surface area (Å²) in [5.41, 5.74) is 0. The molecule has 0 saturated carbocycles. The highest BCUT2D eigenvalue weighted by atomic mass is 28.5. The molecular weight excluding hydrogens is 280 g/mol. The van der Waals surface area contributed by atoms with Gasteiger partial charge >= 0.3 is 8.80 Å². The highest BCUT2D eigenvalue weighted by molar-refractivity contribution is 6.90. The van der Waals surface area contributed by atoms with Crippen LogP contribution in [0.1, 0.15) is 0 Å². The molecule has 0 spiro atoms. The van der Waals surface area contributed by atoms with Crippen LogP contribution >= 0.6 is 0 Å². The summed E-state index contributed by atoms with van der Waals surface area (Å²) in [4.78, 5) is 0. The minimum atomic E-state index is -2.72. The molecule has 0 bridgehead atoms. The summed E-state index contributed by atoms with van der Waals surface area (Å²) < 4.78 is 18.5. The van der Waals surface area contributed by atoms with Gasteiger partial charge in [-0.3, -0.25) is 0 Å². The summed E-state index contributed by atoms with van der Waals surface area (Å²) in [5.74, 6) is 0. The molecule has 3 nitrogen and oxygen atoms in total. The van der Waals surface area contributed by atoms with Crippen molar-refractivity contribution in [1.29, 1.82) is 0 Å². The zero-order chi connectivity index (χ0) is 14.1. The minimum Gasteiger partial charge on any atom is -0.417 e. The molecule has 0 heterocycles. The van der Waals surface area contributed by atoms with Crippen molar-refractivity contribution >= 4 is 33.8 Å². The number of rotatable bonds is 6. The van der Waals surface area contributed by atoms with Crippen molar-refractivity contribution in [2.45, 2.75) is 58.9 Å². The Kier molecular flexibility index (Phi) is 5.63. The predicted molar refractivity (Wildman–Crippen MR) is 84.4 cm³/mol. The third-order valence-corrected chi connectivity index (χ3v) is 12.5. The van der Waals surface area contributed by atoms with Gasteiger partial charge in [-0.15, -0.1) is 0 Å². The lowest BCUT2D eigenvalue weighted by molar-refractivity contribution is 0.270. The second-order valence-electron chi connectivity index (χ2n) is 7.33. The Morgan fingerprint density at radius 3 is 0.824 bits per heavy atom. The standard InChI is InChI=1S/C10H29O3Si4/c1-14(2,3)11-17(10,12-15(4,5)6)13-16(7,8)9/h10H2,1-9H3. The summed E-state index contributed by atoms with van der Waals surface area (Å²) in [7, 11) is -7.82. The maximum atomic E-state index is 6.17. The first-order valence-electron chi connectivity index (χ1n) is 6.08. The van der Waals surface area contributed by atoms with Crippen LogP contribution in [0.15, 0.2) is 0 Å². The Labute approximate surface area is 112 Å². The normalized spacial score (nSPS) is 15.2. The molecule has 0 aliphatic heterocycles. The zero-order valence-corrected chi connectivity index (χ0v) is 16.9. The number of hydrogen-bond acceptors (Lipinski definition) is 3. The fraction of sp³-hybridized carbons (Fsp3) is 0.900. The van der Waals surface area contributed by atoms with Gasteiger partial charge in [0.2, 0.25) is 0 Å². The van der Waals surface area contributed by atoms with Crippen LogP contribution in [-0.2, 0) is 12.3 Å². The molecule has 7 heteroatoms. The van der Waals surface area contributed by atoms with Crippen LogP contribution in [0.3, 0.4) is 0 Å². The van der Waals surface area contributed by atoms with Crippen molar-refractivity contribution in [3.8, 4) is 0 Å². The maximum absolute atomic E-state index is 6.17. The topological polar surface area (TPSA) is 27.7 Å². The van der Waals surface area contributed by atoms with Gasteiger partial charge in [-0.05, 0) is 58.9 Å². The quantitative estimate of drug-likeness (QED) is 0.697. The van der Waals surface area contributed by atoms with Crippen molar-refractivity contribution < 1.29 is 12.3 Å². The van der Waals surface area contributed by atoms with Crippen LogP contribution in [0.5, 0.6) is 0 Å². The fourth-order valence-electron chi connectivity index (χ4n) is 1.46. The van der Waals surface area contributed by atoms with E-state index < -0.39 is 33.8 Å². The molecule has 0 rings (SSSR count). The molecular formula is C10H29O3Si4. The smallest absolute Gasteiger partial charge is 0.417 e. The Bertz CT molecular complexity index is 209. The van der Waals surface area contributed by atoms with E-state index in [1.165, 1.54) is 0 Å². The van der Waals surface area contributed by atoms with Gasteiger partial charge in [0.25, 0.3) is 0 Å². The van der Waals surface area contributed by atoms with E-state index in [9.17, 15) is 0 Å².